The Hall–Kier alpha value is -2.58. The second-order valence-electron chi connectivity index (χ2n) is 12.2. The van der Waals surface area contributed by atoms with Gasteiger partial charge in [-0.25, -0.2) is 0 Å². The van der Waals surface area contributed by atoms with Gasteiger partial charge in [0.1, 0.15) is 5.75 Å². The van der Waals surface area contributed by atoms with Crippen LogP contribution in [0.2, 0.25) is 0 Å². The number of ether oxygens (including phenoxy) is 1. The van der Waals surface area contributed by atoms with Gasteiger partial charge in [0.15, 0.2) is 0 Å². The van der Waals surface area contributed by atoms with Crippen LogP contribution in [-0.4, -0.2) is 31.1 Å². The number of fused-ring (bicyclic) bond motifs is 1. The van der Waals surface area contributed by atoms with E-state index in [0.717, 1.165) is 18.8 Å². The molecule has 1 heterocycles. The Kier molecular flexibility index (Phi) is 7.26. The number of benzene rings is 3. The lowest BCUT2D eigenvalue weighted by atomic mass is 9.63. The van der Waals surface area contributed by atoms with Crippen molar-refractivity contribution >= 4 is 0 Å². The molecule has 0 amide bonds. The largest absolute Gasteiger partial charge is 0.493 e. The van der Waals surface area contributed by atoms with E-state index in [-0.39, 0.29) is 10.8 Å². The van der Waals surface area contributed by atoms with Crippen LogP contribution in [0.15, 0.2) is 66.7 Å². The first-order chi connectivity index (χ1) is 17.3. The summed E-state index contributed by atoms with van der Waals surface area (Å²) in [6.07, 6.45) is 7.49. The number of nitrogens with zero attached hydrogens (tertiary/aromatic N) is 1. The fraction of sp³-hybridized carbons (Fsp3) is 0.471. The maximum Gasteiger partial charge on any atom is 0.127 e. The molecule has 2 aliphatic rings. The lowest BCUT2D eigenvalue weighted by Gasteiger charge is -2.42. The molecule has 3 aromatic carbocycles. The van der Waals surface area contributed by atoms with Crippen LogP contribution in [0.25, 0.3) is 22.3 Å². The van der Waals surface area contributed by atoms with Crippen LogP contribution in [0.5, 0.6) is 5.75 Å². The van der Waals surface area contributed by atoms with Crippen molar-refractivity contribution in [2.45, 2.75) is 77.0 Å². The fourth-order valence-electron chi connectivity index (χ4n) is 6.07. The molecule has 1 aliphatic carbocycles. The monoisotopic (exact) mass is 481 g/mol. The van der Waals surface area contributed by atoms with Crippen molar-refractivity contribution in [2.24, 2.45) is 0 Å². The summed E-state index contributed by atoms with van der Waals surface area (Å²) in [6.45, 7) is 14.1. The van der Waals surface area contributed by atoms with Crippen molar-refractivity contribution in [3.05, 3.63) is 77.9 Å². The molecule has 0 aromatic heterocycles. The van der Waals surface area contributed by atoms with Crippen LogP contribution in [0.3, 0.4) is 0 Å². The van der Waals surface area contributed by atoms with Crippen LogP contribution in [-0.2, 0) is 10.8 Å². The van der Waals surface area contributed by atoms with E-state index in [4.69, 9.17) is 4.74 Å². The molecule has 0 unspecified atom stereocenters. The minimum Gasteiger partial charge on any atom is -0.493 e. The Morgan fingerprint density at radius 2 is 1.39 bits per heavy atom. The molecule has 1 saturated heterocycles. The summed E-state index contributed by atoms with van der Waals surface area (Å²) in [7, 11) is 0. The molecule has 2 heteroatoms. The van der Waals surface area contributed by atoms with Crippen molar-refractivity contribution in [1.29, 1.82) is 0 Å². The van der Waals surface area contributed by atoms with E-state index in [0.29, 0.717) is 0 Å². The Labute approximate surface area is 218 Å². The molecule has 0 spiro atoms. The molecule has 0 radical (unpaired) electrons. The number of hydrogen-bond acceptors (Lipinski definition) is 2. The summed E-state index contributed by atoms with van der Waals surface area (Å²) in [5.41, 5.74) is 8.38. The lowest BCUT2D eigenvalue weighted by molar-refractivity contribution is 0.280. The molecule has 190 valence electrons. The Morgan fingerprint density at radius 1 is 0.694 bits per heavy atom. The average Bonchev–Trinajstić information content (AvgIpc) is 3.41. The smallest absolute Gasteiger partial charge is 0.127 e. The second kappa shape index (κ2) is 10.4. The maximum atomic E-state index is 6.47. The van der Waals surface area contributed by atoms with Gasteiger partial charge in [-0.15, -0.1) is 0 Å². The van der Waals surface area contributed by atoms with E-state index < -0.39 is 0 Å². The van der Waals surface area contributed by atoms with Gasteiger partial charge in [0.2, 0.25) is 0 Å². The van der Waals surface area contributed by atoms with Gasteiger partial charge in [0.25, 0.3) is 0 Å². The van der Waals surface area contributed by atoms with Crippen LogP contribution in [0.4, 0.5) is 0 Å². The van der Waals surface area contributed by atoms with Gasteiger partial charge in [0, 0.05) is 5.56 Å². The summed E-state index contributed by atoms with van der Waals surface area (Å²) in [5, 5.41) is 0. The highest BCUT2D eigenvalue weighted by molar-refractivity contribution is 5.78. The van der Waals surface area contributed by atoms with Crippen molar-refractivity contribution in [2.75, 3.05) is 26.2 Å². The average molecular weight is 482 g/mol. The van der Waals surface area contributed by atoms with E-state index in [1.54, 1.807) is 0 Å². The van der Waals surface area contributed by atoms with Gasteiger partial charge in [-0.05, 0) is 109 Å². The molecular weight excluding hydrogens is 438 g/mol. The molecule has 0 atom stereocenters. The topological polar surface area (TPSA) is 12.5 Å². The fourth-order valence-corrected chi connectivity index (χ4v) is 6.07. The third-order valence-corrected chi connectivity index (χ3v) is 8.58. The minimum atomic E-state index is 0.189. The van der Waals surface area contributed by atoms with Crippen molar-refractivity contribution in [1.82, 2.24) is 4.90 Å². The van der Waals surface area contributed by atoms with E-state index in [9.17, 15) is 0 Å². The lowest BCUT2D eigenvalue weighted by Crippen LogP contribution is -2.33. The van der Waals surface area contributed by atoms with Crippen LogP contribution < -0.4 is 4.74 Å². The van der Waals surface area contributed by atoms with Gasteiger partial charge in [-0.1, -0.05) is 82.3 Å². The van der Waals surface area contributed by atoms with Gasteiger partial charge in [-0.3, -0.25) is 0 Å². The van der Waals surface area contributed by atoms with Crippen molar-refractivity contribution < 1.29 is 4.74 Å². The maximum absolute atomic E-state index is 6.47. The molecule has 1 fully saturated rings. The quantitative estimate of drug-likeness (QED) is 0.299. The highest BCUT2D eigenvalue weighted by atomic mass is 16.5. The molecule has 2 nitrogen and oxygen atoms in total. The van der Waals surface area contributed by atoms with E-state index in [1.165, 1.54) is 85.1 Å². The van der Waals surface area contributed by atoms with Gasteiger partial charge in [-0.2, -0.15) is 0 Å². The highest BCUT2D eigenvalue weighted by Crippen LogP contribution is 2.47. The minimum absolute atomic E-state index is 0.189. The van der Waals surface area contributed by atoms with E-state index in [2.05, 4.69) is 99.3 Å². The first-order valence-corrected chi connectivity index (χ1v) is 14.0. The summed E-state index contributed by atoms with van der Waals surface area (Å²) in [4.78, 5) is 2.59. The van der Waals surface area contributed by atoms with E-state index in [1.807, 2.05) is 0 Å². The molecule has 0 bridgehead atoms. The predicted molar refractivity (Wildman–Crippen MR) is 153 cm³/mol. The molecule has 5 rings (SSSR count). The Balaban J connectivity index is 1.44. The third-order valence-electron chi connectivity index (χ3n) is 8.58. The number of rotatable bonds is 8. The second-order valence-corrected chi connectivity index (χ2v) is 12.2. The van der Waals surface area contributed by atoms with Crippen molar-refractivity contribution in [3.8, 4) is 28.0 Å². The zero-order valence-electron chi connectivity index (χ0n) is 22.8. The van der Waals surface area contributed by atoms with Gasteiger partial charge < -0.3 is 9.64 Å². The molecule has 0 N–H and O–H groups in total. The molecule has 0 saturated carbocycles. The third kappa shape index (κ3) is 5.39. The highest BCUT2D eigenvalue weighted by Gasteiger charge is 2.37. The summed E-state index contributed by atoms with van der Waals surface area (Å²) < 4.78 is 6.47. The first kappa shape index (κ1) is 25.1. The van der Waals surface area contributed by atoms with Crippen LogP contribution >= 0.6 is 0 Å². The molecule has 36 heavy (non-hydrogen) atoms. The van der Waals surface area contributed by atoms with Crippen LogP contribution in [0.1, 0.15) is 77.3 Å². The van der Waals surface area contributed by atoms with Crippen LogP contribution in [0, 0.1) is 0 Å². The molecule has 1 aliphatic heterocycles. The zero-order valence-corrected chi connectivity index (χ0v) is 22.8. The predicted octanol–water partition coefficient (Wildman–Crippen LogP) is 8.62. The van der Waals surface area contributed by atoms with Gasteiger partial charge in [0.05, 0.1) is 6.61 Å². The standard InChI is InChI=1S/C34H43NO/c1-33(2)18-19-34(3,4)31-25-28(14-16-30(31)33)29-24-27(26-12-6-5-7-13-26)15-17-32(29)36-23-11-10-22-35-20-8-9-21-35/h5-7,12-17,24-25H,8-11,18-23H2,1-4H3. The first-order valence-electron chi connectivity index (χ1n) is 14.0. The van der Waals surface area contributed by atoms with Gasteiger partial charge >= 0.3 is 0 Å². The Bertz CT molecular complexity index is 1170. The normalized spacial score (nSPS) is 18.7. The summed E-state index contributed by atoms with van der Waals surface area (Å²) >= 11 is 0. The summed E-state index contributed by atoms with van der Waals surface area (Å²) in [5.74, 6) is 1.00. The van der Waals surface area contributed by atoms with E-state index >= 15 is 0 Å². The summed E-state index contributed by atoms with van der Waals surface area (Å²) in [6, 6.07) is 24.6. The van der Waals surface area contributed by atoms with Crippen molar-refractivity contribution in [3.63, 3.8) is 0 Å². The SMILES string of the molecule is CC1(C)CCC(C)(C)c2cc(-c3cc(-c4ccccc4)ccc3OCCCCN3CCCC3)ccc21. The molecular formula is C34H43NO. The number of likely N-dealkylation sites (tertiary alicyclic amines) is 1. The zero-order chi connectivity index (χ0) is 25.2. The number of unbranched alkanes of at least 4 members (excludes halogenated alkanes) is 1. The molecule has 3 aromatic rings. The Morgan fingerprint density at radius 3 is 2.14 bits per heavy atom. The number of hydrogen-bond donors (Lipinski definition) is 0.